The van der Waals surface area contributed by atoms with Crippen LogP contribution in [0.3, 0.4) is 0 Å². The number of aromatic amines is 1. The summed E-state index contributed by atoms with van der Waals surface area (Å²) >= 11 is 0. The molecule has 0 aliphatic carbocycles. The Balaban J connectivity index is 2.61. The molecule has 0 radical (unpaired) electrons. The largest absolute Gasteiger partial charge is 0.417 e. The predicted molar refractivity (Wildman–Crippen MR) is 50.2 cm³/mol. The molecule has 0 atom stereocenters. The van der Waals surface area contributed by atoms with Gasteiger partial charge in [-0.05, 0) is 18.2 Å². The Kier molecular flexibility index (Phi) is 1.85. The second-order valence-electron chi connectivity index (χ2n) is 2.80. The summed E-state index contributed by atoms with van der Waals surface area (Å²) in [4.78, 5) is 24.5. The van der Waals surface area contributed by atoms with E-state index in [1.54, 1.807) is 25.2 Å². The van der Waals surface area contributed by atoms with Crippen LogP contribution in [0.4, 0.5) is 0 Å². The SMILES string of the molecule is CNC(=O)c1ccc2oc(=O)[nH]c2c1. The highest BCUT2D eigenvalue weighted by molar-refractivity contribution is 5.96. The van der Waals surface area contributed by atoms with E-state index < -0.39 is 5.76 Å². The van der Waals surface area contributed by atoms with Gasteiger partial charge in [-0.2, -0.15) is 0 Å². The lowest BCUT2D eigenvalue weighted by atomic mass is 10.2. The van der Waals surface area contributed by atoms with Crippen molar-refractivity contribution in [2.75, 3.05) is 7.05 Å². The highest BCUT2D eigenvalue weighted by atomic mass is 16.4. The molecule has 2 N–H and O–H groups in total. The minimum absolute atomic E-state index is 0.200. The Morgan fingerprint density at radius 1 is 1.50 bits per heavy atom. The standard InChI is InChI=1S/C9H8N2O3/c1-10-8(12)5-2-3-7-6(4-5)11-9(13)14-7/h2-4H,1H3,(H,10,12)(H,11,13). The highest BCUT2D eigenvalue weighted by Crippen LogP contribution is 2.11. The lowest BCUT2D eigenvalue weighted by Gasteiger charge is -1.97. The van der Waals surface area contributed by atoms with Crippen molar-refractivity contribution in [2.24, 2.45) is 0 Å². The Labute approximate surface area is 78.7 Å². The number of hydrogen-bond donors (Lipinski definition) is 2. The second-order valence-corrected chi connectivity index (χ2v) is 2.80. The summed E-state index contributed by atoms with van der Waals surface area (Å²) in [5, 5.41) is 2.49. The number of benzene rings is 1. The molecule has 1 heterocycles. The topological polar surface area (TPSA) is 75.1 Å². The van der Waals surface area contributed by atoms with Crippen LogP contribution in [0.25, 0.3) is 11.1 Å². The van der Waals surface area contributed by atoms with Crippen molar-refractivity contribution in [2.45, 2.75) is 0 Å². The molecule has 0 aliphatic rings. The lowest BCUT2D eigenvalue weighted by Crippen LogP contribution is -2.17. The quantitative estimate of drug-likeness (QED) is 0.690. The molecule has 0 saturated carbocycles. The minimum atomic E-state index is -0.519. The molecule has 1 aromatic heterocycles. The molecule has 0 spiro atoms. The molecule has 1 aromatic carbocycles. The fraction of sp³-hybridized carbons (Fsp3) is 0.111. The number of rotatable bonds is 1. The van der Waals surface area contributed by atoms with Crippen molar-refractivity contribution in [3.8, 4) is 0 Å². The van der Waals surface area contributed by atoms with Crippen molar-refractivity contribution in [3.63, 3.8) is 0 Å². The molecule has 72 valence electrons. The first-order valence-electron chi connectivity index (χ1n) is 4.05. The van der Waals surface area contributed by atoms with Gasteiger partial charge in [-0.1, -0.05) is 0 Å². The number of aromatic nitrogens is 1. The smallest absolute Gasteiger partial charge is 0.408 e. The Morgan fingerprint density at radius 2 is 2.29 bits per heavy atom. The summed E-state index contributed by atoms with van der Waals surface area (Å²) < 4.78 is 4.79. The van der Waals surface area contributed by atoms with E-state index in [2.05, 4.69) is 10.3 Å². The molecule has 5 heteroatoms. The molecule has 2 rings (SSSR count). The molecule has 14 heavy (non-hydrogen) atoms. The van der Waals surface area contributed by atoms with Crippen LogP contribution in [0.15, 0.2) is 27.4 Å². The average Bonchev–Trinajstić information content (AvgIpc) is 2.55. The van der Waals surface area contributed by atoms with Crippen LogP contribution in [-0.4, -0.2) is 17.9 Å². The van der Waals surface area contributed by atoms with E-state index in [4.69, 9.17) is 4.42 Å². The van der Waals surface area contributed by atoms with Crippen molar-refractivity contribution in [1.82, 2.24) is 10.3 Å². The predicted octanol–water partition coefficient (Wildman–Crippen LogP) is 0.481. The lowest BCUT2D eigenvalue weighted by molar-refractivity contribution is 0.0963. The molecule has 0 saturated heterocycles. The molecular weight excluding hydrogens is 184 g/mol. The number of carbonyl (C=O) groups excluding carboxylic acids is 1. The molecule has 0 unspecified atom stereocenters. The Bertz CT molecular complexity index is 538. The van der Waals surface area contributed by atoms with E-state index in [0.717, 1.165) is 0 Å². The van der Waals surface area contributed by atoms with Crippen LogP contribution < -0.4 is 11.1 Å². The molecule has 0 aliphatic heterocycles. The fourth-order valence-corrected chi connectivity index (χ4v) is 1.24. The fourth-order valence-electron chi connectivity index (χ4n) is 1.24. The van der Waals surface area contributed by atoms with Gasteiger partial charge in [0.15, 0.2) is 5.58 Å². The third-order valence-corrected chi connectivity index (χ3v) is 1.91. The zero-order valence-electron chi connectivity index (χ0n) is 7.46. The zero-order chi connectivity index (χ0) is 10.1. The van der Waals surface area contributed by atoms with E-state index in [-0.39, 0.29) is 5.91 Å². The third kappa shape index (κ3) is 1.28. The molecular formula is C9H8N2O3. The van der Waals surface area contributed by atoms with E-state index >= 15 is 0 Å². The molecule has 0 fully saturated rings. The van der Waals surface area contributed by atoms with Crippen LogP contribution in [0.5, 0.6) is 0 Å². The van der Waals surface area contributed by atoms with Gasteiger partial charge in [0.05, 0.1) is 5.52 Å². The van der Waals surface area contributed by atoms with Crippen molar-refractivity contribution >= 4 is 17.0 Å². The molecule has 1 amide bonds. The van der Waals surface area contributed by atoms with Crippen LogP contribution >= 0.6 is 0 Å². The van der Waals surface area contributed by atoms with Gasteiger partial charge in [-0.3, -0.25) is 9.78 Å². The van der Waals surface area contributed by atoms with E-state index in [9.17, 15) is 9.59 Å². The Morgan fingerprint density at radius 3 is 3.00 bits per heavy atom. The zero-order valence-corrected chi connectivity index (χ0v) is 7.46. The minimum Gasteiger partial charge on any atom is -0.408 e. The Hall–Kier alpha value is -2.04. The van der Waals surface area contributed by atoms with Crippen molar-refractivity contribution < 1.29 is 9.21 Å². The maximum Gasteiger partial charge on any atom is 0.417 e. The van der Waals surface area contributed by atoms with Crippen LogP contribution in [0, 0.1) is 0 Å². The maximum atomic E-state index is 11.2. The molecule has 5 nitrogen and oxygen atoms in total. The van der Waals surface area contributed by atoms with Gasteiger partial charge in [0.1, 0.15) is 0 Å². The van der Waals surface area contributed by atoms with Gasteiger partial charge < -0.3 is 9.73 Å². The van der Waals surface area contributed by atoms with Gasteiger partial charge in [-0.25, -0.2) is 4.79 Å². The third-order valence-electron chi connectivity index (χ3n) is 1.91. The second kappa shape index (κ2) is 3.02. The number of H-pyrrole nitrogens is 1. The summed E-state index contributed by atoms with van der Waals surface area (Å²) in [5.41, 5.74) is 1.45. The van der Waals surface area contributed by atoms with Crippen LogP contribution in [0.1, 0.15) is 10.4 Å². The van der Waals surface area contributed by atoms with Gasteiger partial charge in [-0.15, -0.1) is 0 Å². The van der Waals surface area contributed by atoms with Gasteiger partial charge in [0.2, 0.25) is 0 Å². The summed E-state index contributed by atoms with van der Waals surface area (Å²) in [5.74, 6) is -0.719. The summed E-state index contributed by atoms with van der Waals surface area (Å²) in [6.07, 6.45) is 0. The molecule has 0 bridgehead atoms. The number of oxazole rings is 1. The van der Waals surface area contributed by atoms with E-state index in [1.807, 2.05) is 0 Å². The molecule has 2 aromatic rings. The van der Waals surface area contributed by atoms with Crippen LogP contribution in [0.2, 0.25) is 0 Å². The monoisotopic (exact) mass is 192 g/mol. The number of amides is 1. The first-order valence-corrected chi connectivity index (χ1v) is 4.05. The van der Waals surface area contributed by atoms with E-state index in [1.165, 1.54) is 0 Å². The number of carbonyl (C=O) groups is 1. The summed E-state index contributed by atoms with van der Waals surface area (Å²) in [7, 11) is 1.55. The normalized spacial score (nSPS) is 10.4. The first-order chi connectivity index (χ1) is 6.70. The van der Waals surface area contributed by atoms with Crippen LogP contribution in [-0.2, 0) is 0 Å². The highest BCUT2D eigenvalue weighted by Gasteiger charge is 2.06. The van der Waals surface area contributed by atoms with E-state index in [0.29, 0.717) is 16.7 Å². The average molecular weight is 192 g/mol. The van der Waals surface area contributed by atoms with Gasteiger partial charge >= 0.3 is 5.76 Å². The van der Waals surface area contributed by atoms with Crippen molar-refractivity contribution in [1.29, 1.82) is 0 Å². The van der Waals surface area contributed by atoms with Gasteiger partial charge in [0, 0.05) is 12.6 Å². The van der Waals surface area contributed by atoms with Crippen molar-refractivity contribution in [3.05, 3.63) is 34.3 Å². The number of nitrogens with one attached hydrogen (secondary N) is 2. The summed E-state index contributed by atoms with van der Waals surface area (Å²) in [6, 6.07) is 4.74. The number of hydrogen-bond acceptors (Lipinski definition) is 3. The summed E-state index contributed by atoms with van der Waals surface area (Å²) in [6.45, 7) is 0. The van der Waals surface area contributed by atoms with Gasteiger partial charge in [0.25, 0.3) is 5.91 Å². The number of fused-ring (bicyclic) bond motifs is 1. The first kappa shape index (κ1) is 8.55. The maximum absolute atomic E-state index is 11.2.